The molecule has 0 bridgehead atoms. The number of fused-ring (bicyclic) bond motifs is 1. The van der Waals surface area contributed by atoms with Crippen molar-refractivity contribution in [1.29, 1.82) is 0 Å². The van der Waals surface area contributed by atoms with Gasteiger partial charge in [-0.15, -0.1) is 6.58 Å². The van der Waals surface area contributed by atoms with Crippen molar-refractivity contribution in [2.45, 2.75) is 59.3 Å². The Labute approximate surface area is 111 Å². The lowest BCUT2D eigenvalue weighted by Gasteiger charge is -2.49. The third-order valence-electron chi connectivity index (χ3n) is 5.22. The van der Waals surface area contributed by atoms with Crippen LogP contribution in [0.4, 0.5) is 0 Å². The minimum absolute atomic E-state index is 0.279. The standard InChI is InChI=1S/C17H26O/c1-12(2)5-8-16-13(3)6-7-14-11-15(18)9-10-17(14,16)4/h11,13,16H,1,5-10H2,2-4H3/t13-,16-,17+/m1/s1. The normalized spacial score (nSPS) is 35.9. The van der Waals surface area contributed by atoms with Gasteiger partial charge in [-0.3, -0.25) is 4.79 Å². The maximum atomic E-state index is 11.6. The molecule has 0 radical (unpaired) electrons. The summed E-state index contributed by atoms with van der Waals surface area (Å²) in [6, 6.07) is 0. The highest BCUT2D eigenvalue weighted by Gasteiger charge is 2.44. The summed E-state index contributed by atoms with van der Waals surface area (Å²) < 4.78 is 0. The zero-order chi connectivity index (χ0) is 13.3. The lowest BCUT2D eigenvalue weighted by Crippen LogP contribution is -2.40. The lowest BCUT2D eigenvalue weighted by atomic mass is 9.55. The molecule has 0 N–H and O–H groups in total. The molecular formula is C17H26O. The van der Waals surface area contributed by atoms with Gasteiger partial charge in [0.25, 0.3) is 0 Å². The van der Waals surface area contributed by atoms with E-state index in [9.17, 15) is 4.79 Å². The van der Waals surface area contributed by atoms with Crippen LogP contribution in [0, 0.1) is 17.3 Å². The average molecular weight is 246 g/mol. The zero-order valence-corrected chi connectivity index (χ0v) is 12.1. The van der Waals surface area contributed by atoms with Gasteiger partial charge in [-0.25, -0.2) is 0 Å². The summed E-state index contributed by atoms with van der Waals surface area (Å²) in [5, 5.41) is 0. The summed E-state index contributed by atoms with van der Waals surface area (Å²) in [5.74, 6) is 1.85. The van der Waals surface area contributed by atoms with E-state index >= 15 is 0 Å². The smallest absolute Gasteiger partial charge is 0.155 e. The van der Waals surface area contributed by atoms with Gasteiger partial charge in [0.05, 0.1) is 0 Å². The molecule has 0 unspecified atom stereocenters. The number of carbonyl (C=O) groups excluding carboxylic acids is 1. The fourth-order valence-corrected chi connectivity index (χ4v) is 3.97. The van der Waals surface area contributed by atoms with Crippen molar-refractivity contribution in [3.63, 3.8) is 0 Å². The van der Waals surface area contributed by atoms with Crippen LogP contribution in [-0.2, 0) is 4.79 Å². The van der Waals surface area contributed by atoms with Crippen molar-refractivity contribution in [3.05, 3.63) is 23.8 Å². The molecule has 2 aliphatic rings. The van der Waals surface area contributed by atoms with Gasteiger partial charge in [0.15, 0.2) is 5.78 Å². The lowest BCUT2D eigenvalue weighted by molar-refractivity contribution is -0.116. The molecule has 0 saturated heterocycles. The Morgan fingerprint density at radius 3 is 2.89 bits per heavy atom. The van der Waals surface area contributed by atoms with E-state index in [1.165, 1.54) is 24.0 Å². The molecule has 0 heterocycles. The topological polar surface area (TPSA) is 17.1 Å². The first-order valence-electron chi connectivity index (χ1n) is 7.32. The third-order valence-corrected chi connectivity index (χ3v) is 5.22. The number of carbonyl (C=O) groups is 1. The van der Waals surface area contributed by atoms with Crippen LogP contribution in [0.1, 0.15) is 59.3 Å². The van der Waals surface area contributed by atoms with E-state index in [0.29, 0.717) is 5.78 Å². The Kier molecular flexibility index (Phi) is 3.79. The van der Waals surface area contributed by atoms with Crippen LogP contribution < -0.4 is 0 Å². The van der Waals surface area contributed by atoms with Crippen molar-refractivity contribution in [3.8, 4) is 0 Å². The maximum Gasteiger partial charge on any atom is 0.155 e. The molecule has 1 saturated carbocycles. The molecule has 18 heavy (non-hydrogen) atoms. The van der Waals surface area contributed by atoms with Crippen molar-refractivity contribution in [1.82, 2.24) is 0 Å². The number of hydrogen-bond donors (Lipinski definition) is 0. The molecule has 0 aromatic rings. The van der Waals surface area contributed by atoms with Gasteiger partial charge in [0.2, 0.25) is 0 Å². The van der Waals surface area contributed by atoms with E-state index < -0.39 is 0 Å². The minimum Gasteiger partial charge on any atom is -0.295 e. The largest absolute Gasteiger partial charge is 0.295 e. The fraction of sp³-hybridized carbons (Fsp3) is 0.706. The summed E-state index contributed by atoms with van der Waals surface area (Å²) >= 11 is 0. The number of allylic oxidation sites excluding steroid dienone is 3. The maximum absolute atomic E-state index is 11.6. The molecule has 2 rings (SSSR count). The van der Waals surface area contributed by atoms with Gasteiger partial charge >= 0.3 is 0 Å². The van der Waals surface area contributed by atoms with Gasteiger partial charge < -0.3 is 0 Å². The summed E-state index contributed by atoms with van der Waals surface area (Å²) in [4.78, 5) is 11.6. The Balaban J connectivity index is 2.22. The number of rotatable bonds is 3. The van der Waals surface area contributed by atoms with Crippen LogP contribution >= 0.6 is 0 Å². The highest BCUT2D eigenvalue weighted by atomic mass is 16.1. The molecular weight excluding hydrogens is 220 g/mol. The molecule has 0 aromatic heterocycles. The highest BCUT2D eigenvalue weighted by molar-refractivity contribution is 5.91. The molecule has 1 heteroatoms. The van der Waals surface area contributed by atoms with Crippen LogP contribution in [0.15, 0.2) is 23.8 Å². The molecule has 0 aromatic carbocycles. The Morgan fingerprint density at radius 1 is 1.50 bits per heavy atom. The monoisotopic (exact) mass is 246 g/mol. The van der Waals surface area contributed by atoms with Gasteiger partial charge in [-0.1, -0.05) is 25.0 Å². The third kappa shape index (κ3) is 2.46. The predicted octanol–water partition coefficient (Wildman–Crippen LogP) is 4.68. The molecule has 3 atom stereocenters. The molecule has 0 aliphatic heterocycles. The average Bonchev–Trinajstić information content (AvgIpc) is 2.29. The molecule has 1 nitrogen and oxygen atoms in total. The first-order valence-corrected chi connectivity index (χ1v) is 7.32. The first kappa shape index (κ1) is 13.6. The first-order chi connectivity index (χ1) is 8.43. The number of ketones is 1. The van der Waals surface area contributed by atoms with Gasteiger partial charge in [0, 0.05) is 6.42 Å². The van der Waals surface area contributed by atoms with E-state index in [1.807, 2.05) is 6.08 Å². The van der Waals surface area contributed by atoms with E-state index in [1.54, 1.807) is 0 Å². The SMILES string of the molecule is C=C(C)CC[C@@H]1[C@H](C)CCC2=CC(=O)CC[C@@]21C. The molecule has 2 aliphatic carbocycles. The van der Waals surface area contributed by atoms with Gasteiger partial charge in [-0.05, 0) is 62.4 Å². The Bertz CT molecular complexity index is 390. The molecule has 0 spiro atoms. The second-order valence-corrected chi connectivity index (χ2v) is 6.67. The second kappa shape index (κ2) is 5.03. The zero-order valence-electron chi connectivity index (χ0n) is 12.1. The Hall–Kier alpha value is -0.850. The fourth-order valence-electron chi connectivity index (χ4n) is 3.97. The molecule has 1 fully saturated rings. The molecule has 100 valence electrons. The van der Waals surface area contributed by atoms with Crippen molar-refractivity contribution in [2.75, 3.05) is 0 Å². The summed E-state index contributed by atoms with van der Waals surface area (Å²) in [6.45, 7) is 10.9. The van der Waals surface area contributed by atoms with Crippen LogP contribution in [-0.4, -0.2) is 5.78 Å². The van der Waals surface area contributed by atoms with E-state index in [2.05, 4.69) is 27.4 Å². The van der Waals surface area contributed by atoms with E-state index in [0.717, 1.165) is 37.5 Å². The van der Waals surface area contributed by atoms with E-state index in [4.69, 9.17) is 0 Å². The molecule has 0 amide bonds. The van der Waals surface area contributed by atoms with Crippen LogP contribution in [0.3, 0.4) is 0 Å². The quantitative estimate of drug-likeness (QED) is 0.660. The summed E-state index contributed by atoms with van der Waals surface area (Å²) in [5.41, 5.74) is 3.00. The Morgan fingerprint density at radius 2 is 2.22 bits per heavy atom. The van der Waals surface area contributed by atoms with Crippen LogP contribution in [0.25, 0.3) is 0 Å². The summed E-state index contributed by atoms with van der Waals surface area (Å²) in [7, 11) is 0. The van der Waals surface area contributed by atoms with Crippen molar-refractivity contribution < 1.29 is 4.79 Å². The van der Waals surface area contributed by atoms with Gasteiger partial charge in [-0.2, -0.15) is 0 Å². The second-order valence-electron chi connectivity index (χ2n) is 6.67. The number of hydrogen-bond acceptors (Lipinski definition) is 1. The van der Waals surface area contributed by atoms with Crippen molar-refractivity contribution >= 4 is 5.78 Å². The minimum atomic E-state index is 0.279. The highest BCUT2D eigenvalue weighted by Crippen LogP contribution is 2.54. The predicted molar refractivity (Wildman–Crippen MR) is 76.4 cm³/mol. The van der Waals surface area contributed by atoms with E-state index in [-0.39, 0.29) is 5.41 Å². The van der Waals surface area contributed by atoms with Crippen molar-refractivity contribution in [2.24, 2.45) is 17.3 Å². The summed E-state index contributed by atoms with van der Waals surface area (Å²) in [6.07, 6.45) is 8.51. The van der Waals surface area contributed by atoms with Gasteiger partial charge in [0.1, 0.15) is 0 Å². The van der Waals surface area contributed by atoms with Crippen LogP contribution in [0.5, 0.6) is 0 Å². The van der Waals surface area contributed by atoms with Crippen LogP contribution in [0.2, 0.25) is 0 Å².